The summed E-state index contributed by atoms with van der Waals surface area (Å²) < 4.78 is 16.8. The quantitative estimate of drug-likeness (QED) is 0.0261. The summed E-state index contributed by atoms with van der Waals surface area (Å²) in [7, 11) is 0. The minimum absolute atomic E-state index is 0.101. The molecule has 0 aliphatic rings. The Morgan fingerprint density at radius 3 is 0.944 bits per heavy atom. The monoisotopic (exact) mass is 1000 g/mol. The number of hydrogen-bond donors (Lipinski definition) is 0. The molecular weight excluding hydrogens is 889 g/mol. The van der Waals surface area contributed by atoms with Crippen LogP contribution in [-0.2, 0) is 28.6 Å². The molecule has 0 bridgehead atoms. The van der Waals surface area contributed by atoms with Gasteiger partial charge in [-0.25, -0.2) is 0 Å². The molecule has 1 atom stereocenters. The number of carbonyl (C=O) groups excluding carboxylic acids is 3. The fourth-order valence-electron chi connectivity index (χ4n) is 8.54. The molecule has 1 unspecified atom stereocenters. The number of carbonyl (C=O) groups is 3. The largest absolute Gasteiger partial charge is 0.462 e. The van der Waals surface area contributed by atoms with Gasteiger partial charge in [0, 0.05) is 19.3 Å². The van der Waals surface area contributed by atoms with Gasteiger partial charge in [-0.15, -0.1) is 0 Å². The number of hydrogen-bond acceptors (Lipinski definition) is 6. The standard InChI is InChI=1S/C66H114O6/c1-4-7-10-13-16-19-22-25-27-29-31-32-33-34-35-37-38-41-44-47-50-53-56-59-65(68)71-62-63(61-70-64(67)58-55-52-49-46-43-40-24-21-18-15-12-9-6-3)72-66(69)60-57-54-51-48-45-42-39-36-30-28-26-23-20-17-14-11-8-5-2/h9,12,18,21-22,25,28-31,40,43,49,52,63H,4-8,10-11,13-17,19-20,23-24,26-27,32-39,41-42,44-48,50-51,53-62H2,1-3H3/b12-9-,21-18-,25-22-,30-28-,31-29-,43-40-,52-49-. The van der Waals surface area contributed by atoms with E-state index in [0.29, 0.717) is 19.3 Å². The van der Waals surface area contributed by atoms with E-state index in [-0.39, 0.29) is 37.5 Å². The fourth-order valence-corrected chi connectivity index (χ4v) is 8.54. The van der Waals surface area contributed by atoms with E-state index in [0.717, 1.165) is 70.6 Å². The molecule has 0 saturated carbocycles. The Morgan fingerprint density at radius 1 is 0.292 bits per heavy atom. The number of ether oxygens (including phenoxy) is 3. The lowest BCUT2D eigenvalue weighted by Crippen LogP contribution is -2.30. The van der Waals surface area contributed by atoms with Crippen LogP contribution >= 0.6 is 0 Å². The maximum absolute atomic E-state index is 12.9. The van der Waals surface area contributed by atoms with Crippen molar-refractivity contribution in [1.29, 1.82) is 0 Å². The van der Waals surface area contributed by atoms with Gasteiger partial charge in [0.25, 0.3) is 0 Å². The zero-order valence-corrected chi connectivity index (χ0v) is 47.4. The van der Waals surface area contributed by atoms with E-state index in [1.807, 2.05) is 6.08 Å². The summed E-state index contributed by atoms with van der Waals surface area (Å²) in [6.45, 7) is 6.47. The summed E-state index contributed by atoms with van der Waals surface area (Å²) in [5.41, 5.74) is 0. The highest BCUT2D eigenvalue weighted by Crippen LogP contribution is 2.16. The highest BCUT2D eigenvalue weighted by atomic mass is 16.6. The molecule has 0 radical (unpaired) electrons. The van der Waals surface area contributed by atoms with E-state index in [2.05, 4.69) is 99.8 Å². The van der Waals surface area contributed by atoms with E-state index in [9.17, 15) is 14.4 Å². The third kappa shape index (κ3) is 57.5. The van der Waals surface area contributed by atoms with Gasteiger partial charge in [-0.05, 0) is 103 Å². The third-order valence-electron chi connectivity index (χ3n) is 13.1. The Morgan fingerprint density at radius 2 is 0.569 bits per heavy atom. The maximum Gasteiger partial charge on any atom is 0.306 e. The van der Waals surface area contributed by atoms with E-state index < -0.39 is 6.10 Å². The normalized spacial score (nSPS) is 12.7. The highest BCUT2D eigenvalue weighted by molar-refractivity contribution is 5.71. The summed E-state index contributed by atoms with van der Waals surface area (Å²) in [6.07, 6.45) is 78.9. The van der Waals surface area contributed by atoms with Gasteiger partial charge in [0.1, 0.15) is 13.2 Å². The second kappa shape index (κ2) is 60.1. The number of esters is 3. The van der Waals surface area contributed by atoms with Gasteiger partial charge in [0.2, 0.25) is 0 Å². The molecule has 0 aliphatic heterocycles. The van der Waals surface area contributed by atoms with Crippen LogP contribution in [0.15, 0.2) is 85.1 Å². The van der Waals surface area contributed by atoms with Crippen LogP contribution in [0.1, 0.15) is 297 Å². The molecule has 0 N–H and O–H groups in total. The first-order valence-corrected chi connectivity index (χ1v) is 30.6. The molecule has 72 heavy (non-hydrogen) atoms. The van der Waals surface area contributed by atoms with E-state index in [4.69, 9.17) is 14.2 Å². The van der Waals surface area contributed by atoms with Gasteiger partial charge >= 0.3 is 17.9 Å². The zero-order valence-electron chi connectivity index (χ0n) is 47.4. The Bertz CT molecular complexity index is 1380. The molecule has 0 aromatic carbocycles. The van der Waals surface area contributed by atoms with Crippen LogP contribution in [0.3, 0.4) is 0 Å². The summed E-state index contributed by atoms with van der Waals surface area (Å²) >= 11 is 0. The predicted octanol–water partition coefficient (Wildman–Crippen LogP) is 20.7. The Labute approximate surface area is 445 Å². The molecular formula is C66H114O6. The molecule has 0 saturated heterocycles. The minimum atomic E-state index is -0.809. The van der Waals surface area contributed by atoms with Crippen molar-refractivity contribution in [2.75, 3.05) is 13.2 Å². The number of allylic oxidation sites excluding steroid dienone is 14. The molecule has 0 amide bonds. The van der Waals surface area contributed by atoms with Crippen LogP contribution < -0.4 is 0 Å². The van der Waals surface area contributed by atoms with Crippen LogP contribution in [0.4, 0.5) is 0 Å². The summed E-state index contributed by atoms with van der Waals surface area (Å²) in [5.74, 6) is -0.984. The summed E-state index contributed by atoms with van der Waals surface area (Å²) in [6, 6.07) is 0. The van der Waals surface area contributed by atoms with Crippen LogP contribution in [0, 0.1) is 0 Å². The molecule has 0 aliphatic carbocycles. The molecule has 6 heteroatoms. The Kier molecular flexibility index (Phi) is 57.3. The first-order valence-electron chi connectivity index (χ1n) is 30.6. The first kappa shape index (κ1) is 68.6. The second-order valence-electron chi connectivity index (χ2n) is 20.2. The van der Waals surface area contributed by atoms with Crippen molar-refractivity contribution in [1.82, 2.24) is 0 Å². The van der Waals surface area contributed by atoms with Gasteiger partial charge in [-0.2, -0.15) is 0 Å². The molecule has 0 heterocycles. The molecule has 0 fully saturated rings. The molecule has 0 aromatic heterocycles. The lowest BCUT2D eigenvalue weighted by atomic mass is 10.0. The Hall–Kier alpha value is -3.41. The van der Waals surface area contributed by atoms with Crippen LogP contribution in [0.25, 0.3) is 0 Å². The van der Waals surface area contributed by atoms with Gasteiger partial charge < -0.3 is 14.2 Å². The SMILES string of the molecule is CC/C=C\C/C=C\C/C=C\C/C=C\CCC(=O)OCC(COC(=O)CCCCCCCCCCCCC/C=C\C/C=C\CCCCCCC)OC(=O)CCCCCCCCC/C=C\CCCCCCCCC. The van der Waals surface area contributed by atoms with Gasteiger partial charge in [-0.3, -0.25) is 14.4 Å². The van der Waals surface area contributed by atoms with Crippen LogP contribution in [-0.4, -0.2) is 37.2 Å². The van der Waals surface area contributed by atoms with Gasteiger partial charge in [-0.1, -0.05) is 260 Å². The topological polar surface area (TPSA) is 78.9 Å². The van der Waals surface area contributed by atoms with Crippen molar-refractivity contribution in [3.8, 4) is 0 Å². The van der Waals surface area contributed by atoms with E-state index in [1.165, 1.54) is 180 Å². The van der Waals surface area contributed by atoms with Crippen molar-refractivity contribution >= 4 is 17.9 Å². The average Bonchev–Trinajstić information content (AvgIpc) is 3.38. The van der Waals surface area contributed by atoms with Crippen molar-refractivity contribution < 1.29 is 28.6 Å². The fraction of sp³-hybridized carbons (Fsp3) is 0.742. The lowest BCUT2D eigenvalue weighted by molar-refractivity contribution is -0.166. The Balaban J connectivity index is 4.37. The maximum atomic E-state index is 12.9. The van der Waals surface area contributed by atoms with Crippen molar-refractivity contribution in [3.63, 3.8) is 0 Å². The molecule has 6 nitrogen and oxygen atoms in total. The van der Waals surface area contributed by atoms with Crippen LogP contribution in [0.5, 0.6) is 0 Å². The molecule has 0 spiro atoms. The van der Waals surface area contributed by atoms with Crippen molar-refractivity contribution in [3.05, 3.63) is 85.1 Å². The van der Waals surface area contributed by atoms with Crippen LogP contribution in [0.2, 0.25) is 0 Å². The summed E-state index contributed by atoms with van der Waals surface area (Å²) in [4.78, 5) is 38.2. The van der Waals surface area contributed by atoms with Crippen molar-refractivity contribution in [2.45, 2.75) is 303 Å². The average molecular weight is 1000 g/mol. The molecule has 0 rings (SSSR count). The zero-order chi connectivity index (χ0) is 52.2. The third-order valence-corrected chi connectivity index (χ3v) is 13.1. The van der Waals surface area contributed by atoms with Gasteiger partial charge in [0.05, 0.1) is 0 Å². The minimum Gasteiger partial charge on any atom is -0.462 e. The van der Waals surface area contributed by atoms with Gasteiger partial charge in [0.15, 0.2) is 6.10 Å². The number of unbranched alkanes of at least 4 members (excludes halogenated alkanes) is 30. The molecule has 414 valence electrons. The number of rotatable bonds is 55. The van der Waals surface area contributed by atoms with E-state index in [1.54, 1.807) is 0 Å². The van der Waals surface area contributed by atoms with Crippen molar-refractivity contribution in [2.24, 2.45) is 0 Å². The second-order valence-corrected chi connectivity index (χ2v) is 20.2. The highest BCUT2D eigenvalue weighted by Gasteiger charge is 2.19. The summed E-state index contributed by atoms with van der Waals surface area (Å²) in [5, 5.41) is 0. The lowest BCUT2D eigenvalue weighted by Gasteiger charge is -2.18. The smallest absolute Gasteiger partial charge is 0.306 e. The van der Waals surface area contributed by atoms with E-state index >= 15 is 0 Å². The predicted molar refractivity (Wildman–Crippen MR) is 311 cm³/mol. The molecule has 0 aromatic rings. The first-order chi connectivity index (χ1) is 35.5.